The molecule has 0 aliphatic heterocycles. The molecule has 0 fully saturated rings. The van der Waals surface area contributed by atoms with Crippen molar-refractivity contribution in [2.24, 2.45) is 0 Å². The molecule has 3 rings (SSSR count). The average Bonchev–Trinajstić information content (AvgIpc) is 2.90. The van der Waals surface area contributed by atoms with E-state index in [1.165, 1.54) is 55.5 Å². The molecule has 0 bridgehead atoms. The summed E-state index contributed by atoms with van der Waals surface area (Å²) in [6, 6.07) is 13.4. The lowest BCUT2D eigenvalue weighted by Gasteiger charge is -2.32. The third kappa shape index (κ3) is 7.38. The van der Waals surface area contributed by atoms with Crippen LogP contribution in [0.2, 0.25) is 0 Å². The lowest BCUT2D eigenvalue weighted by molar-refractivity contribution is -0.139. The average molecular weight is 580 g/mol. The Morgan fingerprint density at radius 3 is 2.17 bits per heavy atom. The molecule has 3 aromatic carbocycles. The molecule has 12 heteroatoms. The van der Waals surface area contributed by atoms with Crippen LogP contribution in [0.1, 0.15) is 30.5 Å². The summed E-state index contributed by atoms with van der Waals surface area (Å²) in [6.45, 7) is 4.04. The van der Waals surface area contributed by atoms with Crippen LogP contribution in [-0.4, -0.2) is 44.3 Å². The second kappa shape index (κ2) is 12.5. The lowest BCUT2D eigenvalue weighted by atomic mass is 10.1. The first-order valence-electron chi connectivity index (χ1n) is 12.3. The highest BCUT2D eigenvalue weighted by atomic mass is 32.2. The number of halogens is 4. The van der Waals surface area contributed by atoms with Gasteiger partial charge in [0, 0.05) is 13.1 Å². The van der Waals surface area contributed by atoms with E-state index in [4.69, 9.17) is 0 Å². The number of hydrogen-bond donors (Lipinski definition) is 1. The predicted octanol–water partition coefficient (Wildman–Crippen LogP) is 4.90. The Hall–Kier alpha value is -3.93. The van der Waals surface area contributed by atoms with E-state index < -0.39 is 52.0 Å². The van der Waals surface area contributed by atoms with Crippen molar-refractivity contribution in [3.63, 3.8) is 0 Å². The fourth-order valence-electron chi connectivity index (χ4n) is 3.89. The number of hydrogen-bond acceptors (Lipinski definition) is 4. The standard InChI is InChI=1S/C28H29F4N3O4S/c1-4-33-27(37)20(3)34(17-21-10-12-23(29)13-11-21)26(36)18-35(24-7-5-6-22(16-24)28(30,31)32)40(38,39)25-14-8-19(2)9-15-25/h5-16,20H,4,17-18H2,1-3H3,(H,33,37). The van der Waals surface area contributed by atoms with Crippen LogP contribution in [0.4, 0.5) is 23.2 Å². The van der Waals surface area contributed by atoms with E-state index >= 15 is 0 Å². The van der Waals surface area contributed by atoms with Crippen LogP contribution in [0.15, 0.2) is 77.7 Å². The molecule has 3 aromatic rings. The first kappa shape index (κ1) is 30.6. The zero-order valence-electron chi connectivity index (χ0n) is 22.1. The zero-order valence-corrected chi connectivity index (χ0v) is 22.9. The van der Waals surface area contributed by atoms with Gasteiger partial charge in [-0.1, -0.05) is 35.9 Å². The summed E-state index contributed by atoms with van der Waals surface area (Å²) in [5.41, 5.74) is -0.267. The molecule has 2 amide bonds. The molecule has 0 spiro atoms. The molecule has 0 heterocycles. The molecule has 0 radical (unpaired) electrons. The van der Waals surface area contributed by atoms with Crippen molar-refractivity contribution >= 4 is 27.5 Å². The molecule has 0 aromatic heterocycles. The van der Waals surface area contributed by atoms with Gasteiger partial charge in [0.15, 0.2) is 0 Å². The largest absolute Gasteiger partial charge is 0.416 e. The van der Waals surface area contributed by atoms with Gasteiger partial charge in [0.2, 0.25) is 11.8 Å². The predicted molar refractivity (Wildman–Crippen MR) is 142 cm³/mol. The van der Waals surface area contributed by atoms with Crippen LogP contribution in [0.25, 0.3) is 0 Å². The molecule has 1 unspecified atom stereocenters. The summed E-state index contributed by atoms with van der Waals surface area (Å²) in [5.74, 6) is -1.89. The Balaban J connectivity index is 2.09. The van der Waals surface area contributed by atoms with Gasteiger partial charge in [-0.25, -0.2) is 12.8 Å². The Morgan fingerprint density at radius 1 is 0.975 bits per heavy atom. The number of likely N-dealkylation sites (N-methyl/N-ethyl adjacent to an activating group) is 1. The van der Waals surface area contributed by atoms with Gasteiger partial charge in [-0.3, -0.25) is 13.9 Å². The normalized spacial score (nSPS) is 12.5. The number of alkyl halides is 3. The van der Waals surface area contributed by atoms with E-state index in [0.717, 1.165) is 28.7 Å². The van der Waals surface area contributed by atoms with Crippen LogP contribution in [0.3, 0.4) is 0 Å². The molecule has 40 heavy (non-hydrogen) atoms. The van der Waals surface area contributed by atoms with Crippen LogP contribution < -0.4 is 9.62 Å². The molecular weight excluding hydrogens is 550 g/mol. The maximum absolute atomic E-state index is 13.7. The molecule has 0 aliphatic carbocycles. The Morgan fingerprint density at radius 2 is 1.60 bits per heavy atom. The monoisotopic (exact) mass is 579 g/mol. The second-order valence-electron chi connectivity index (χ2n) is 9.09. The van der Waals surface area contributed by atoms with Gasteiger partial charge in [-0.2, -0.15) is 13.2 Å². The van der Waals surface area contributed by atoms with Crippen LogP contribution in [-0.2, 0) is 32.3 Å². The molecule has 0 saturated carbocycles. The van der Waals surface area contributed by atoms with E-state index in [1.807, 2.05) is 0 Å². The molecule has 214 valence electrons. The van der Waals surface area contributed by atoms with Crippen molar-refractivity contribution in [3.05, 3.63) is 95.3 Å². The quantitative estimate of drug-likeness (QED) is 0.346. The fraction of sp³-hybridized carbons (Fsp3) is 0.286. The number of nitrogens with one attached hydrogen (secondary N) is 1. The molecule has 7 nitrogen and oxygen atoms in total. The minimum atomic E-state index is -4.76. The number of amides is 2. The number of rotatable bonds is 10. The highest BCUT2D eigenvalue weighted by Gasteiger charge is 2.35. The van der Waals surface area contributed by atoms with Crippen molar-refractivity contribution in [1.29, 1.82) is 0 Å². The molecule has 0 saturated heterocycles. The summed E-state index contributed by atoms with van der Waals surface area (Å²) >= 11 is 0. The maximum Gasteiger partial charge on any atom is 0.416 e. The van der Waals surface area contributed by atoms with Crippen molar-refractivity contribution < 1.29 is 35.6 Å². The van der Waals surface area contributed by atoms with Crippen molar-refractivity contribution in [3.8, 4) is 0 Å². The van der Waals surface area contributed by atoms with Gasteiger partial charge in [0.05, 0.1) is 16.1 Å². The van der Waals surface area contributed by atoms with Crippen LogP contribution in [0.5, 0.6) is 0 Å². The molecular formula is C28H29F4N3O4S. The van der Waals surface area contributed by atoms with Gasteiger partial charge in [0.1, 0.15) is 18.4 Å². The van der Waals surface area contributed by atoms with Gasteiger partial charge < -0.3 is 10.2 Å². The third-order valence-electron chi connectivity index (χ3n) is 6.13. The third-order valence-corrected chi connectivity index (χ3v) is 7.92. The van der Waals surface area contributed by atoms with Gasteiger partial charge in [-0.15, -0.1) is 0 Å². The molecule has 1 atom stereocenters. The van der Waals surface area contributed by atoms with E-state index in [0.29, 0.717) is 15.9 Å². The number of anilines is 1. The number of aryl methyl sites for hydroxylation is 1. The van der Waals surface area contributed by atoms with Crippen molar-refractivity contribution in [2.45, 2.75) is 44.4 Å². The first-order chi connectivity index (χ1) is 18.7. The first-order valence-corrected chi connectivity index (χ1v) is 13.8. The minimum Gasteiger partial charge on any atom is -0.355 e. The Bertz CT molecular complexity index is 1440. The highest BCUT2D eigenvalue weighted by Crippen LogP contribution is 2.33. The van der Waals surface area contributed by atoms with E-state index in [-0.39, 0.29) is 23.7 Å². The minimum absolute atomic E-state index is 0.182. The zero-order chi connectivity index (χ0) is 29.7. The molecule has 1 N–H and O–H groups in total. The summed E-state index contributed by atoms with van der Waals surface area (Å²) in [5, 5.41) is 2.60. The van der Waals surface area contributed by atoms with Gasteiger partial charge >= 0.3 is 6.18 Å². The lowest BCUT2D eigenvalue weighted by Crippen LogP contribution is -2.51. The summed E-state index contributed by atoms with van der Waals surface area (Å²) in [7, 11) is -4.53. The smallest absolute Gasteiger partial charge is 0.355 e. The number of nitrogens with zero attached hydrogens (tertiary/aromatic N) is 2. The number of sulfonamides is 1. The number of carbonyl (C=O) groups excluding carboxylic acids is 2. The van der Waals surface area contributed by atoms with Gasteiger partial charge in [-0.05, 0) is 68.8 Å². The van der Waals surface area contributed by atoms with E-state index in [1.54, 1.807) is 13.8 Å². The summed E-state index contributed by atoms with van der Waals surface area (Å²) in [4.78, 5) is 27.2. The van der Waals surface area contributed by atoms with E-state index in [2.05, 4.69) is 5.32 Å². The fourth-order valence-corrected chi connectivity index (χ4v) is 5.30. The summed E-state index contributed by atoms with van der Waals surface area (Å²) in [6.07, 6.45) is -4.76. The second-order valence-corrected chi connectivity index (χ2v) is 11.0. The SMILES string of the molecule is CCNC(=O)C(C)N(Cc1ccc(F)cc1)C(=O)CN(c1cccc(C(F)(F)F)c1)S(=O)(=O)c1ccc(C)cc1. The maximum atomic E-state index is 13.7. The van der Waals surface area contributed by atoms with Crippen LogP contribution >= 0.6 is 0 Å². The topological polar surface area (TPSA) is 86.8 Å². The van der Waals surface area contributed by atoms with Crippen molar-refractivity contribution in [1.82, 2.24) is 10.2 Å². The Kier molecular flexibility index (Phi) is 9.56. The van der Waals surface area contributed by atoms with Gasteiger partial charge in [0.25, 0.3) is 10.0 Å². The van der Waals surface area contributed by atoms with Crippen molar-refractivity contribution in [2.75, 3.05) is 17.4 Å². The van der Waals surface area contributed by atoms with E-state index in [9.17, 15) is 35.6 Å². The number of carbonyl (C=O) groups is 2. The Labute approximate surface area is 230 Å². The summed E-state index contributed by atoms with van der Waals surface area (Å²) < 4.78 is 82.0. The van der Waals surface area contributed by atoms with Crippen LogP contribution in [0, 0.1) is 12.7 Å². The number of benzene rings is 3. The highest BCUT2D eigenvalue weighted by molar-refractivity contribution is 7.92. The molecule has 0 aliphatic rings.